The predicted octanol–water partition coefficient (Wildman–Crippen LogP) is 3.95. The number of thioether (sulfide) groups is 1. The molecule has 0 saturated carbocycles. The second-order valence-electron chi connectivity index (χ2n) is 6.88. The lowest BCUT2D eigenvalue weighted by atomic mass is 10.1. The van der Waals surface area contributed by atoms with Gasteiger partial charge in [-0.15, -0.1) is 11.8 Å². The number of carboxylic acids is 1. The second-order valence-corrected chi connectivity index (χ2v) is 8.01. The van der Waals surface area contributed by atoms with E-state index in [4.69, 9.17) is 19.3 Å². The van der Waals surface area contributed by atoms with E-state index in [1.165, 1.54) is 5.56 Å². The molecule has 29 heavy (non-hydrogen) atoms. The van der Waals surface area contributed by atoms with Gasteiger partial charge in [0.25, 0.3) is 0 Å². The van der Waals surface area contributed by atoms with Gasteiger partial charge in [-0.25, -0.2) is 0 Å². The fourth-order valence-electron chi connectivity index (χ4n) is 3.15. The molecule has 1 saturated heterocycles. The van der Waals surface area contributed by atoms with Crippen LogP contribution >= 0.6 is 11.8 Å². The highest BCUT2D eigenvalue weighted by Crippen LogP contribution is 2.37. The standard InChI is InChI=1S/C22H27NO5S/c1-4-26-20-12-16(21-23-17(13-29-21)22(24)25)6-8-19(20)28-10-9-27-18-7-5-14(2)11-15(18)3/h5-8,11-12,17,21,23H,4,9-10,13H2,1-3H3,(H,24,25). The Bertz CT molecular complexity index is 857. The molecule has 1 aliphatic rings. The summed E-state index contributed by atoms with van der Waals surface area (Å²) >= 11 is 1.58. The van der Waals surface area contributed by atoms with Crippen molar-refractivity contribution in [1.82, 2.24) is 5.32 Å². The molecule has 0 aromatic heterocycles. The number of rotatable bonds is 9. The Hall–Kier alpha value is -2.38. The summed E-state index contributed by atoms with van der Waals surface area (Å²) in [4.78, 5) is 11.2. The minimum Gasteiger partial charge on any atom is -0.490 e. The van der Waals surface area contributed by atoms with Crippen LogP contribution in [0.4, 0.5) is 0 Å². The number of aryl methyl sites for hydroxylation is 2. The maximum atomic E-state index is 11.2. The van der Waals surface area contributed by atoms with Crippen LogP contribution in [-0.2, 0) is 4.79 Å². The molecule has 0 aliphatic carbocycles. The van der Waals surface area contributed by atoms with Crippen molar-refractivity contribution in [3.05, 3.63) is 53.1 Å². The van der Waals surface area contributed by atoms with Crippen molar-refractivity contribution in [2.24, 2.45) is 0 Å². The summed E-state index contributed by atoms with van der Waals surface area (Å²) < 4.78 is 17.4. The lowest BCUT2D eigenvalue weighted by Crippen LogP contribution is -2.33. The van der Waals surface area contributed by atoms with Gasteiger partial charge in [0.1, 0.15) is 25.0 Å². The smallest absolute Gasteiger partial charge is 0.321 e. The molecular weight excluding hydrogens is 390 g/mol. The Labute approximate surface area is 175 Å². The molecule has 2 unspecified atom stereocenters. The number of ether oxygens (including phenoxy) is 3. The van der Waals surface area contributed by atoms with Crippen molar-refractivity contribution in [1.29, 1.82) is 0 Å². The van der Waals surface area contributed by atoms with Crippen molar-refractivity contribution in [3.63, 3.8) is 0 Å². The lowest BCUT2D eigenvalue weighted by molar-refractivity contribution is -0.138. The van der Waals surface area contributed by atoms with Crippen LogP contribution in [-0.4, -0.2) is 42.7 Å². The van der Waals surface area contributed by atoms with Crippen molar-refractivity contribution < 1.29 is 24.1 Å². The Morgan fingerprint density at radius 2 is 1.79 bits per heavy atom. The molecule has 2 atom stereocenters. The van der Waals surface area contributed by atoms with Crippen LogP contribution in [0.2, 0.25) is 0 Å². The Morgan fingerprint density at radius 3 is 2.45 bits per heavy atom. The molecule has 2 aromatic rings. The number of carboxylic acid groups (broad SMARTS) is 1. The summed E-state index contributed by atoms with van der Waals surface area (Å²) in [7, 11) is 0. The number of hydrogen-bond acceptors (Lipinski definition) is 6. The SMILES string of the molecule is CCOc1cc(C2NC(C(=O)O)CS2)ccc1OCCOc1ccc(C)cc1C. The van der Waals surface area contributed by atoms with Gasteiger partial charge in [0, 0.05) is 5.75 Å². The molecule has 2 N–H and O–H groups in total. The van der Waals surface area contributed by atoms with Gasteiger partial charge in [0.05, 0.1) is 12.0 Å². The summed E-state index contributed by atoms with van der Waals surface area (Å²) in [6.45, 7) is 7.34. The van der Waals surface area contributed by atoms with Crippen LogP contribution in [0.5, 0.6) is 17.2 Å². The van der Waals surface area contributed by atoms with E-state index < -0.39 is 12.0 Å². The maximum Gasteiger partial charge on any atom is 0.321 e. The third-order valence-corrected chi connectivity index (χ3v) is 5.85. The number of aliphatic carboxylic acids is 1. The molecule has 1 aliphatic heterocycles. The van der Waals surface area contributed by atoms with Crippen molar-refractivity contribution in [2.75, 3.05) is 25.6 Å². The summed E-state index contributed by atoms with van der Waals surface area (Å²) in [5.74, 6) is 1.87. The molecule has 0 amide bonds. The van der Waals surface area contributed by atoms with E-state index in [0.717, 1.165) is 16.9 Å². The van der Waals surface area contributed by atoms with E-state index in [2.05, 4.69) is 18.3 Å². The number of carbonyl (C=O) groups is 1. The molecule has 2 aromatic carbocycles. The summed E-state index contributed by atoms with van der Waals surface area (Å²) in [5, 5.41) is 12.2. The molecule has 0 bridgehead atoms. The average Bonchev–Trinajstić information content (AvgIpc) is 3.18. The molecule has 0 spiro atoms. The average molecular weight is 418 g/mol. The lowest BCUT2D eigenvalue weighted by Gasteiger charge is -2.17. The van der Waals surface area contributed by atoms with Gasteiger partial charge in [-0.3, -0.25) is 10.1 Å². The van der Waals surface area contributed by atoms with Crippen LogP contribution in [0.3, 0.4) is 0 Å². The van der Waals surface area contributed by atoms with Crippen LogP contribution in [0, 0.1) is 13.8 Å². The van der Waals surface area contributed by atoms with Crippen molar-refractivity contribution in [2.45, 2.75) is 32.2 Å². The first-order chi connectivity index (χ1) is 14.0. The van der Waals surface area contributed by atoms with Crippen LogP contribution in [0.25, 0.3) is 0 Å². The van der Waals surface area contributed by atoms with Crippen molar-refractivity contribution in [3.8, 4) is 17.2 Å². The predicted molar refractivity (Wildman–Crippen MR) is 114 cm³/mol. The first kappa shape index (κ1) is 21.3. The summed E-state index contributed by atoms with van der Waals surface area (Å²) in [6, 6.07) is 11.3. The highest BCUT2D eigenvalue weighted by atomic mass is 32.2. The zero-order chi connectivity index (χ0) is 20.8. The number of hydrogen-bond donors (Lipinski definition) is 2. The third-order valence-electron chi connectivity index (χ3n) is 4.58. The van der Waals surface area contributed by atoms with Crippen LogP contribution < -0.4 is 19.5 Å². The maximum absolute atomic E-state index is 11.2. The Kier molecular flexibility index (Phi) is 7.28. The monoisotopic (exact) mass is 417 g/mol. The fourth-order valence-corrected chi connectivity index (χ4v) is 4.37. The normalized spacial score (nSPS) is 18.4. The quantitative estimate of drug-likeness (QED) is 0.598. The fraction of sp³-hybridized carbons (Fsp3) is 0.409. The number of benzene rings is 2. The molecule has 7 heteroatoms. The van der Waals surface area contributed by atoms with Gasteiger partial charge in [0.2, 0.25) is 0 Å². The Morgan fingerprint density at radius 1 is 1.07 bits per heavy atom. The van der Waals surface area contributed by atoms with E-state index in [9.17, 15) is 4.79 Å². The molecule has 3 rings (SSSR count). The summed E-state index contributed by atoms with van der Waals surface area (Å²) in [6.07, 6.45) is 0. The zero-order valence-corrected chi connectivity index (χ0v) is 17.8. The topological polar surface area (TPSA) is 77.0 Å². The largest absolute Gasteiger partial charge is 0.490 e. The van der Waals surface area contributed by atoms with Gasteiger partial charge in [-0.1, -0.05) is 23.8 Å². The zero-order valence-electron chi connectivity index (χ0n) is 16.9. The first-order valence-electron chi connectivity index (χ1n) is 9.68. The van der Waals surface area contributed by atoms with Gasteiger partial charge in [-0.05, 0) is 50.1 Å². The Balaban J connectivity index is 1.59. The van der Waals surface area contributed by atoms with E-state index in [1.807, 2.05) is 44.2 Å². The molecular formula is C22H27NO5S. The van der Waals surface area contributed by atoms with Gasteiger partial charge in [-0.2, -0.15) is 0 Å². The molecule has 0 radical (unpaired) electrons. The van der Waals surface area contributed by atoms with E-state index >= 15 is 0 Å². The van der Waals surface area contributed by atoms with E-state index in [0.29, 0.717) is 37.1 Å². The van der Waals surface area contributed by atoms with E-state index in [1.54, 1.807) is 11.8 Å². The third kappa shape index (κ3) is 5.58. The van der Waals surface area contributed by atoms with Gasteiger partial charge < -0.3 is 19.3 Å². The number of nitrogens with one attached hydrogen (secondary N) is 1. The summed E-state index contributed by atoms with van der Waals surface area (Å²) in [5.41, 5.74) is 3.28. The van der Waals surface area contributed by atoms with Gasteiger partial charge in [0.15, 0.2) is 11.5 Å². The molecule has 1 heterocycles. The first-order valence-corrected chi connectivity index (χ1v) is 10.7. The van der Waals surface area contributed by atoms with Crippen LogP contribution in [0.1, 0.15) is 29.0 Å². The van der Waals surface area contributed by atoms with E-state index in [-0.39, 0.29) is 5.37 Å². The molecule has 1 fully saturated rings. The highest BCUT2D eigenvalue weighted by Gasteiger charge is 2.30. The molecule has 156 valence electrons. The highest BCUT2D eigenvalue weighted by molar-refractivity contribution is 7.99. The molecule has 6 nitrogen and oxygen atoms in total. The van der Waals surface area contributed by atoms with Crippen LogP contribution in [0.15, 0.2) is 36.4 Å². The van der Waals surface area contributed by atoms with Gasteiger partial charge >= 0.3 is 5.97 Å². The minimum absolute atomic E-state index is 0.0720. The minimum atomic E-state index is -0.825. The second kappa shape index (κ2) is 9.89. The van der Waals surface area contributed by atoms with Crippen molar-refractivity contribution >= 4 is 17.7 Å².